The molecule has 4 aliphatic carbocycles. The molecule has 0 radical (unpaired) electrons. The van der Waals surface area contributed by atoms with Crippen molar-refractivity contribution in [1.82, 2.24) is 0 Å². The van der Waals surface area contributed by atoms with E-state index in [-0.39, 0.29) is 0 Å². The molecule has 4 aliphatic rings. The molecule has 2 unspecified atom stereocenters. The number of quaternary nitrogens is 1. The van der Waals surface area contributed by atoms with Crippen LogP contribution in [-0.2, 0) is 6.54 Å². The third-order valence-corrected chi connectivity index (χ3v) is 6.28. The molecule has 108 valence electrons. The van der Waals surface area contributed by atoms with E-state index in [1.54, 1.807) is 0 Å². The van der Waals surface area contributed by atoms with Crippen LogP contribution in [0.4, 0.5) is 0 Å². The maximum atomic E-state index is 2.71. The van der Waals surface area contributed by atoms with E-state index in [1.165, 1.54) is 50.6 Å². The summed E-state index contributed by atoms with van der Waals surface area (Å²) in [6.07, 6.45) is 8.88. The zero-order chi connectivity index (χ0) is 13.8. The van der Waals surface area contributed by atoms with Gasteiger partial charge in [-0.25, -0.2) is 0 Å². The van der Waals surface area contributed by atoms with Crippen LogP contribution in [0.5, 0.6) is 0 Å². The summed E-state index contributed by atoms with van der Waals surface area (Å²) in [5.74, 6) is 1.01. The van der Waals surface area contributed by atoms with Gasteiger partial charge in [-0.05, 0) is 36.0 Å². The van der Waals surface area contributed by atoms with Gasteiger partial charge in [-0.15, -0.1) is 0 Å². The van der Waals surface area contributed by atoms with E-state index in [9.17, 15) is 0 Å². The Morgan fingerprint density at radius 2 is 1.60 bits per heavy atom. The number of rotatable bonds is 3. The Hall–Kier alpha value is -0.820. The molecule has 4 saturated carbocycles. The van der Waals surface area contributed by atoms with Crippen molar-refractivity contribution in [2.45, 2.75) is 64.5 Å². The lowest BCUT2D eigenvalue weighted by atomic mass is 9.43. The van der Waals surface area contributed by atoms with Crippen molar-refractivity contribution in [1.29, 1.82) is 0 Å². The molecule has 2 N–H and O–H groups in total. The minimum absolute atomic E-state index is 0.554. The Labute approximate surface area is 123 Å². The summed E-state index contributed by atoms with van der Waals surface area (Å²) in [6.45, 7) is 6.31. The first-order valence-corrected chi connectivity index (χ1v) is 8.37. The van der Waals surface area contributed by atoms with Crippen LogP contribution >= 0.6 is 0 Å². The van der Waals surface area contributed by atoms with Crippen molar-refractivity contribution in [3.8, 4) is 0 Å². The summed E-state index contributed by atoms with van der Waals surface area (Å²) in [5, 5.41) is 2.71. The van der Waals surface area contributed by atoms with Gasteiger partial charge in [-0.3, -0.25) is 0 Å². The third kappa shape index (κ3) is 2.11. The highest BCUT2D eigenvalue weighted by Gasteiger charge is 2.61. The van der Waals surface area contributed by atoms with Gasteiger partial charge in [0.2, 0.25) is 0 Å². The molecular weight excluding hydrogens is 242 g/mol. The number of hydrogen-bond acceptors (Lipinski definition) is 0. The topological polar surface area (TPSA) is 16.6 Å². The van der Waals surface area contributed by atoms with Crippen LogP contribution in [0.1, 0.15) is 57.9 Å². The highest BCUT2D eigenvalue weighted by Crippen LogP contribution is 2.65. The predicted octanol–water partition coefficient (Wildman–Crippen LogP) is 3.50. The summed E-state index contributed by atoms with van der Waals surface area (Å²) < 4.78 is 0. The summed E-state index contributed by atoms with van der Waals surface area (Å²) in [4.78, 5) is 0. The lowest BCUT2D eigenvalue weighted by molar-refractivity contribution is -0.755. The predicted molar refractivity (Wildman–Crippen MR) is 82.2 cm³/mol. The van der Waals surface area contributed by atoms with Gasteiger partial charge in [0.05, 0.1) is 5.54 Å². The van der Waals surface area contributed by atoms with Gasteiger partial charge in [-0.2, -0.15) is 0 Å². The summed E-state index contributed by atoms with van der Waals surface area (Å²) in [5.41, 5.74) is 3.32. The molecule has 0 amide bonds. The molecule has 4 fully saturated rings. The first kappa shape index (κ1) is 12.9. The zero-order valence-electron chi connectivity index (χ0n) is 13.0. The fourth-order valence-electron chi connectivity index (χ4n) is 6.71. The highest BCUT2D eigenvalue weighted by atomic mass is 15.0. The Balaban J connectivity index is 1.55. The van der Waals surface area contributed by atoms with Crippen molar-refractivity contribution in [3.63, 3.8) is 0 Å². The largest absolute Gasteiger partial charge is 0.338 e. The van der Waals surface area contributed by atoms with E-state index in [4.69, 9.17) is 0 Å². The van der Waals surface area contributed by atoms with Crippen LogP contribution in [0, 0.1) is 16.7 Å². The van der Waals surface area contributed by atoms with Gasteiger partial charge in [0.25, 0.3) is 0 Å². The standard InChI is InChI=1S/C19H27N/c1-17-8-16-9-18(2,12-17)14-19(10-16,13-17)20-11-15-6-4-3-5-7-15/h3-7,16,20H,8-14H2,1-2H3/p+1/t16?,17-,18+,19?. The molecule has 5 rings (SSSR count). The van der Waals surface area contributed by atoms with Gasteiger partial charge >= 0.3 is 0 Å². The van der Waals surface area contributed by atoms with Crippen molar-refractivity contribution < 1.29 is 5.32 Å². The highest BCUT2D eigenvalue weighted by molar-refractivity contribution is 5.14. The SMILES string of the molecule is C[C@]12CC3CC([NH2+]Cc4ccccc4)(C1)C[C@@](C)(C3)C2. The Morgan fingerprint density at radius 3 is 2.20 bits per heavy atom. The van der Waals surface area contributed by atoms with Gasteiger partial charge in [0.1, 0.15) is 6.54 Å². The van der Waals surface area contributed by atoms with Gasteiger partial charge in [0, 0.05) is 24.8 Å². The number of benzene rings is 1. The van der Waals surface area contributed by atoms with Gasteiger partial charge < -0.3 is 5.32 Å². The maximum absolute atomic E-state index is 2.71. The first-order valence-electron chi connectivity index (χ1n) is 8.37. The van der Waals surface area contributed by atoms with E-state index in [0.29, 0.717) is 16.4 Å². The van der Waals surface area contributed by atoms with Crippen LogP contribution in [0.25, 0.3) is 0 Å². The fraction of sp³-hybridized carbons (Fsp3) is 0.684. The van der Waals surface area contributed by atoms with E-state index in [0.717, 1.165) is 5.92 Å². The zero-order valence-corrected chi connectivity index (χ0v) is 13.0. The third-order valence-electron chi connectivity index (χ3n) is 6.28. The molecule has 0 heterocycles. The van der Waals surface area contributed by atoms with Gasteiger partial charge in [-0.1, -0.05) is 44.2 Å². The molecule has 4 atom stereocenters. The molecule has 1 nitrogen and oxygen atoms in total. The second-order valence-corrected chi connectivity index (χ2v) is 8.89. The quantitative estimate of drug-likeness (QED) is 0.866. The normalized spacial score (nSPS) is 45.8. The minimum Gasteiger partial charge on any atom is -0.338 e. The lowest BCUT2D eigenvalue weighted by Crippen LogP contribution is -2.98. The molecule has 20 heavy (non-hydrogen) atoms. The number of nitrogens with two attached hydrogens (primary N) is 1. The Kier molecular flexibility index (Phi) is 2.64. The smallest absolute Gasteiger partial charge is 0.102 e. The second-order valence-electron chi connectivity index (χ2n) is 8.89. The van der Waals surface area contributed by atoms with Crippen LogP contribution in [-0.4, -0.2) is 5.54 Å². The fourth-order valence-corrected chi connectivity index (χ4v) is 6.71. The molecule has 0 spiro atoms. The summed E-state index contributed by atoms with van der Waals surface area (Å²) in [7, 11) is 0. The molecule has 1 heteroatoms. The van der Waals surface area contributed by atoms with E-state index in [2.05, 4.69) is 49.5 Å². The van der Waals surface area contributed by atoms with Crippen molar-refractivity contribution >= 4 is 0 Å². The van der Waals surface area contributed by atoms with E-state index < -0.39 is 0 Å². The maximum Gasteiger partial charge on any atom is 0.102 e. The minimum atomic E-state index is 0.554. The average Bonchev–Trinajstić information content (AvgIpc) is 2.33. The molecule has 0 saturated heterocycles. The van der Waals surface area contributed by atoms with E-state index in [1.807, 2.05) is 0 Å². The van der Waals surface area contributed by atoms with Crippen molar-refractivity contribution in [2.24, 2.45) is 16.7 Å². The second kappa shape index (κ2) is 4.10. The van der Waals surface area contributed by atoms with E-state index >= 15 is 0 Å². The Morgan fingerprint density at radius 1 is 0.950 bits per heavy atom. The first-order chi connectivity index (χ1) is 9.49. The monoisotopic (exact) mass is 270 g/mol. The van der Waals surface area contributed by atoms with Gasteiger partial charge in [0.15, 0.2) is 0 Å². The summed E-state index contributed by atoms with van der Waals surface area (Å²) >= 11 is 0. The molecule has 0 aromatic heterocycles. The van der Waals surface area contributed by atoms with Crippen LogP contribution in [0.15, 0.2) is 30.3 Å². The molecular formula is C19H28N+. The lowest BCUT2D eigenvalue weighted by Gasteiger charge is -2.63. The molecule has 0 aliphatic heterocycles. The van der Waals surface area contributed by atoms with Crippen LogP contribution in [0.2, 0.25) is 0 Å². The Bertz CT molecular complexity index is 488. The number of hydrogen-bond donors (Lipinski definition) is 1. The summed E-state index contributed by atoms with van der Waals surface area (Å²) in [6, 6.07) is 11.0. The molecule has 1 aromatic carbocycles. The average molecular weight is 270 g/mol. The molecule has 1 aromatic rings. The van der Waals surface area contributed by atoms with Crippen LogP contribution in [0.3, 0.4) is 0 Å². The van der Waals surface area contributed by atoms with Crippen molar-refractivity contribution in [3.05, 3.63) is 35.9 Å². The molecule has 4 bridgehead atoms. The van der Waals surface area contributed by atoms with Crippen LogP contribution < -0.4 is 5.32 Å². The van der Waals surface area contributed by atoms with Crippen molar-refractivity contribution in [2.75, 3.05) is 0 Å².